The van der Waals surface area contributed by atoms with Gasteiger partial charge in [0.25, 0.3) is 0 Å². The quantitative estimate of drug-likeness (QED) is 0.392. The molecule has 0 radical (unpaired) electrons. The molecule has 0 fully saturated rings. The molecule has 1 atom stereocenters. The first-order valence-electron chi connectivity index (χ1n) is 2.55. The normalized spacial score (nSPS) is 23.8. The van der Waals surface area contributed by atoms with Crippen molar-refractivity contribution < 1.29 is 0 Å². The molecule has 0 aromatic heterocycles. The summed E-state index contributed by atoms with van der Waals surface area (Å²) < 4.78 is 0. The minimum absolute atomic E-state index is 0.0741. The molecule has 0 amide bonds. The summed E-state index contributed by atoms with van der Waals surface area (Å²) in [7, 11) is 0. The Bertz CT molecular complexity index is 222. The van der Waals surface area contributed by atoms with E-state index in [1.165, 1.54) is 6.34 Å². The lowest BCUT2D eigenvalue weighted by atomic mass is 10.6. The molecule has 0 aromatic rings. The fourth-order valence-electron chi connectivity index (χ4n) is 0.536. The van der Waals surface area contributed by atoms with Gasteiger partial charge in [-0.1, -0.05) is 0 Å². The number of guanidine groups is 1. The van der Waals surface area contributed by atoms with Gasteiger partial charge in [0, 0.05) is 0 Å². The van der Waals surface area contributed by atoms with E-state index in [1.54, 1.807) is 6.19 Å². The van der Waals surface area contributed by atoms with Crippen molar-refractivity contribution >= 4 is 12.3 Å². The van der Waals surface area contributed by atoms with Crippen LogP contribution in [0.3, 0.4) is 0 Å². The van der Waals surface area contributed by atoms with Crippen LogP contribution in [0.1, 0.15) is 0 Å². The second-order valence-electron chi connectivity index (χ2n) is 1.64. The van der Waals surface area contributed by atoms with Crippen molar-refractivity contribution in [1.82, 2.24) is 4.90 Å². The number of nitrogens with two attached hydrogens (primary N) is 2. The van der Waals surface area contributed by atoms with Crippen molar-refractivity contribution in [3.8, 4) is 6.19 Å². The standard InChI is InChI=1S/C4H6N6/c5-1-10-3(6)8-2-9-4(10)7/h2-3H,6H2,(H2,7,8,9). The van der Waals surface area contributed by atoms with E-state index in [2.05, 4.69) is 9.98 Å². The van der Waals surface area contributed by atoms with Crippen LogP contribution in [0.2, 0.25) is 0 Å². The third kappa shape index (κ3) is 0.897. The first-order chi connectivity index (χ1) is 4.75. The minimum Gasteiger partial charge on any atom is -0.369 e. The Balaban J connectivity index is 2.84. The van der Waals surface area contributed by atoms with Crippen molar-refractivity contribution in [1.29, 1.82) is 5.26 Å². The SMILES string of the molecule is N#CN1C(N)=NC=NC1N. The van der Waals surface area contributed by atoms with Crippen molar-refractivity contribution in [2.75, 3.05) is 0 Å². The van der Waals surface area contributed by atoms with Crippen LogP contribution in [0.25, 0.3) is 0 Å². The van der Waals surface area contributed by atoms with E-state index in [0.717, 1.165) is 4.90 Å². The summed E-state index contributed by atoms with van der Waals surface area (Å²) in [6.45, 7) is 0. The van der Waals surface area contributed by atoms with E-state index in [0.29, 0.717) is 0 Å². The highest BCUT2D eigenvalue weighted by Gasteiger charge is 2.16. The van der Waals surface area contributed by atoms with Crippen molar-refractivity contribution in [2.24, 2.45) is 21.5 Å². The molecule has 6 heteroatoms. The lowest BCUT2D eigenvalue weighted by Crippen LogP contribution is -2.47. The van der Waals surface area contributed by atoms with E-state index < -0.39 is 6.29 Å². The Kier molecular flexibility index (Phi) is 1.51. The van der Waals surface area contributed by atoms with Crippen molar-refractivity contribution in [3.63, 3.8) is 0 Å². The average Bonchev–Trinajstić information content (AvgIpc) is 1.88. The Morgan fingerprint density at radius 1 is 1.80 bits per heavy atom. The number of nitrogens with zero attached hydrogens (tertiary/aromatic N) is 4. The van der Waals surface area contributed by atoms with Crippen molar-refractivity contribution in [3.05, 3.63) is 0 Å². The summed E-state index contributed by atoms with van der Waals surface area (Å²) in [5.41, 5.74) is 10.6. The molecule has 1 heterocycles. The van der Waals surface area contributed by atoms with E-state index in [4.69, 9.17) is 16.7 Å². The molecule has 6 nitrogen and oxygen atoms in total. The molecule has 1 aliphatic rings. The lowest BCUT2D eigenvalue weighted by Gasteiger charge is -2.19. The molecular formula is C4H6N6. The summed E-state index contributed by atoms with van der Waals surface area (Å²) in [6.07, 6.45) is 2.25. The molecule has 1 unspecified atom stereocenters. The second-order valence-corrected chi connectivity index (χ2v) is 1.64. The van der Waals surface area contributed by atoms with Gasteiger partial charge in [0.1, 0.15) is 6.34 Å². The molecule has 0 aliphatic carbocycles. The molecular weight excluding hydrogens is 132 g/mol. The first kappa shape index (κ1) is 6.51. The largest absolute Gasteiger partial charge is 0.369 e. The zero-order chi connectivity index (χ0) is 7.56. The molecule has 52 valence electrons. The molecule has 0 bridgehead atoms. The van der Waals surface area contributed by atoms with Crippen LogP contribution in [-0.4, -0.2) is 23.5 Å². The van der Waals surface area contributed by atoms with Gasteiger partial charge in [-0.05, 0) is 0 Å². The van der Waals surface area contributed by atoms with Gasteiger partial charge in [0.15, 0.2) is 12.5 Å². The van der Waals surface area contributed by atoms with Crippen LogP contribution in [-0.2, 0) is 0 Å². The molecule has 1 rings (SSSR count). The first-order valence-corrected chi connectivity index (χ1v) is 2.55. The molecule has 0 saturated carbocycles. The molecule has 4 N–H and O–H groups in total. The zero-order valence-corrected chi connectivity index (χ0v) is 5.10. The topological polar surface area (TPSA) is 104 Å². The lowest BCUT2D eigenvalue weighted by molar-refractivity contribution is 0.430. The van der Waals surface area contributed by atoms with Gasteiger partial charge < -0.3 is 5.73 Å². The fraction of sp³-hybridized carbons (Fsp3) is 0.250. The second kappa shape index (κ2) is 2.33. The summed E-state index contributed by atoms with van der Waals surface area (Å²) in [6, 6.07) is 0. The molecule has 10 heavy (non-hydrogen) atoms. The third-order valence-electron chi connectivity index (χ3n) is 1.03. The Hall–Kier alpha value is -1.61. The smallest absolute Gasteiger partial charge is 0.213 e. The number of rotatable bonds is 0. The van der Waals surface area contributed by atoms with E-state index in [9.17, 15) is 0 Å². The van der Waals surface area contributed by atoms with E-state index >= 15 is 0 Å². The van der Waals surface area contributed by atoms with Crippen LogP contribution < -0.4 is 11.5 Å². The predicted octanol–water partition coefficient (Wildman–Crippen LogP) is -1.63. The third-order valence-corrected chi connectivity index (χ3v) is 1.03. The van der Waals surface area contributed by atoms with E-state index in [1.807, 2.05) is 0 Å². The maximum atomic E-state index is 8.39. The average molecular weight is 138 g/mol. The predicted molar refractivity (Wildman–Crippen MR) is 35.5 cm³/mol. The summed E-state index contributed by atoms with van der Waals surface area (Å²) in [5, 5.41) is 8.39. The Labute approximate surface area is 57.5 Å². The van der Waals surface area contributed by atoms with Crippen LogP contribution >= 0.6 is 0 Å². The molecule has 0 saturated heterocycles. The number of nitriles is 1. The highest BCUT2D eigenvalue weighted by Crippen LogP contribution is 1.95. The maximum absolute atomic E-state index is 8.39. The monoisotopic (exact) mass is 138 g/mol. The van der Waals surface area contributed by atoms with Crippen LogP contribution in [0, 0.1) is 11.5 Å². The van der Waals surface area contributed by atoms with Gasteiger partial charge in [-0.25, -0.2) is 14.9 Å². The molecule has 1 aliphatic heterocycles. The van der Waals surface area contributed by atoms with Crippen LogP contribution in [0.4, 0.5) is 0 Å². The van der Waals surface area contributed by atoms with Gasteiger partial charge in [0.2, 0.25) is 5.96 Å². The number of hydrogen-bond acceptors (Lipinski definition) is 6. The molecule has 0 spiro atoms. The zero-order valence-electron chi connectivity index (χ0n) is 5.10. The fourth-order valence-corrected chi connectivity index (χ4v) is 0.536. The highest BCUT2D eigenvalue weighted by atomic mass is 15.4. The van der Waals surface area contributed by atoms with Crippen LogP contribution in [0.15, 0.2) is 9.98 Å². The number of hydrogen-bond donors (Lipinski definition) is 2. The van der Waals surface area contributed by atoms with Crippen LogP contribution in [0.5, 0.6) is 0 Å². The van der Waals surface area contributed by atoms with Gasteiger partial charge in [-0.3, -0.25) is 5.73 Å². The van der Waals surface area contributed by atoms with Gasteiger partial charge in [-0.15, -0.1) is 0 Å². The molecule has 0 aromatic carbocycles. The summed E-state index contributed by atoms with van der Waals surface area (Å²) in [5.74, 6) is 0.0741. The van der Waals surface area contributed by atoms with Gasteiger partial charge >= 0.3 is 0 Å². The maximum Gasteiger partial charge on any atom is 0.213 e. The number of aliphatic imine (C=N–C) groups is 2. The van der Waals surface area contributed by atoms with E-state index in [-0.39, 0.29) is 5.96 Å². The summed E-state index contributed by atoms with van der Waals surface area (Å²) in [4.78, 5) is 8.19. The van der Waals surface area contributed by atoms with Gasteiger partial charge in [-0.2, -0.15) is 5.26 Å². The minimum atomic E-state index is -0.720. The Morgan fingerprint density at radius 2 is 2.50 bits per heavy atom. The Morgan fingerprint density at radius 3 is 2.90 bits per heavy atom. The highest BCUT2D eigenvalue weighted by molar-refractivity contribution is 5.88. The van der Waals surface area contributed by atoms with Gasteiger partial charge in [0.05, 0.1) is 0 Å². The van der Waals surface area contributed by atoms with Crippen molar-refractivity contribution in [2.45, 2.75) is 6.29 Å². The summed E-state index contributed by atoms with van der Waals surface area (Å²) >= 11 is 0.